The molecule has 0 aliphatic carbocycles. The molecule has 28 heavy (non-hydrogen) atoms. The number of rotatable bonds is 5. The smallest absolute Gasteiger partial charge is 0.180 e. The van der Waals surface area contributed by atoms with Gasteiger partial charge >= 0.3 is 0 Å². The second kappa shape index (κ2) is 7.60. The van der Waals surface area contributed by atoms with Crippen molar-refractivity contribution in [2.75, 3.05) is 11.9 Å². The van der Waals surface area contributed by atoms with E-state index in [1.807, 2.05) is 73.4 Å². The van der Waals surface area contributed by atoms with E-state index in [-0.39, 0.29) is 0 Å². The first kappa shape index (κ1) is 17.9. The molecule has 0 atom stereocenters. The van der Waals surface area contributed by atoms with Crippen LogP contribution in [-0.2, 0) is 6.54 Å². The number of aryl methyl sites for hydroxylation is 1. The SMILES string of the molecule is Cc1nc(-c2ccccn2)nc(N(C)Cc2cnn(-c3ccccc3)c2)c1C. The van der Waals surface area contributed by atoms with Crippen LogP contribution in [0.25, 0.3) is 17.2 Å². The average molecular weight is 370 g/mol. The van der Waals surface area contributed by atoms with E-state index in [4.69, 9.17) is 4.98 Å². The number of aromatic nitrogens is 5. The van der Waals surface area contributed by atoms with Gasteiger partial charge in [-0.2, -0.15) is 5.10 Å². The van der Waals surface area contributed by atoms with Crippen molar-refractivity contribution in [2.45, 2.75) is 20.4 Å². The fourth-order valence-electron chi connectivity index (χ4n) is 3.11. The van der Waals surface area contributed by atoms with Crippen LogP contribution in [0.5, 0.6) is 0 Å². The standard InChI is InChI=1S/C22H22N6/c1-16-17(2)25-21(20-11-7-8-12-23-20)26-22(16)27(3)14-18-13-24-28(15-18)19-9-5-4-6-10-19/h4-13,15H,14H2,1-3H3. The number of hydrogen-bond acceptors (Lipinski definition) is 5. The van der Waals surface area contributed by atoms with E-state index >= 15 is 0 Å². The summed E-state index contributed by atoms with van der Waals surface area (Å²) < 4.78 is 1.89. The minimum Gasteiger partial charge on any atom is -0.355 e. The summed E-state index contributed by atoms with van der Waals surface area (Å²) in [5.74, 6) is 1.55. The van der Waals surface area contributed by atoms with Crippen molar-refractivity contribution in [1.29, 1.82) is 0 Å². The summed E-state index contributed by atoms with van der Waals surface area (Å²) in [4.78, 5) is 15.9. The molecule has 0 N–H and O–H groups in total. The van der Waals surface area contributed by atoms with Gasteiger partial charge in [-0.05, 0) is 38.1 Å². The molecule has 3 heterocycles. The van der Waals surface area contributed by atoms with Crippen LogP contribution in [0.15, 0.2) is 67.1 Å². The van der Waals surface area contributed by atoms with Gasteiger partial charge in [-0.15, -0.1) is 0 Å². The molecule has 0 saturated carbocycles. The van der Waals surface area contributed by atoms with Crippen molar-refractivity contribution in [3.05, 3.63) is 83.9 Å². The van der Waals surface area contributed by atoms with Crippen LogP contribution in [0.4, 0.5) is 5.82 Å². The van der Waals surface area contributed by atoms with Crippen LogP contribution in [0.2, 0.25) is 0 Å². The van der Waals surface area contributed by atoms with Gasteiger partial charge in [0.15, 0.2) is 5.82 Å². The Morgan fingerprint density at radius 1 is 0.964 bits per heavy atom. The molecule has 0 aliphatic rings. The van der Waals surface area contributed by atoms with Crippen LogP contribution in [0, 0.1) is 13.8 Å². The van der Waals surface area contributed by atoms with E-state index in [9.17, 15) is 0 Å². The third-order valence-electron chi connectivity index (χ3n) is 4.70. The van der Waals surface area contributed by atoms with E-state index in [1.165, 1.54) is 0 Å². The predicted molar refractivity (Wildman–Crippen MR) is 110 cm³/mol. The first-order valence-corrected chi connectivity index (χ1v) is 9.18. The summed E-state index contributed by atoms with van der Waals surface area (Å²) in [6.07, 6.45) is 5.71. The van der Waals surface area contributed by atoms with Crippen LogP contribution >= 0.6 is 0 Å². The summed E-state index contributed by atoms with van der Waals surface area (Å²) in [6.45, 7) is 4.76. The van der Waals surface area contributed by atoms with E-state index in [2.05, 4.69) is 33.1 Å². The highest BCUT2D eigenvalue weighted by atomic mass is 15.3. The Morgan fingerprint density at radius 3 is 2.50 bits per heavy atom. The number of benzene rings is 1. The van der Waals surface area contributed by atoms with Gasteiger partial charge in [-0.3, -0.25) is 4.98 Å². The molecule has 6 heteroatoms. The van der Waals surface area contributed by atoms with Gasteiger partial charge in [-0.25, -0.2) is 14.6 Å². The first-order chi connectivity index (χ1) is 13.6. The van der Waals surface area contributed by atoms with E-state index < -0.39 is 0 Å². The van der Waals surface area contributed by atoms with Gasteiger partial charge < -0.3 is 4.90 Å². The minimum atomic E-state index is 0.644. The molecule has 0 amide bonds. The fourth-order valence-corrected chi connectivity index (χ4v) is 3.11. The summed E-state index contributed by atoms with van der Waals surface area (Å²) in [7, 11) is 2.04. The van der Waals surface area contributed by atoms with Gasteiger partial charge in [0.1, 0.15) is 11.5 Å². The van der Waals surface area contributed by atoms with E-state index in [0.29, 0.717) is 12.4 Å². The Bertz CT molecular complexity index is 1070. The van der Waals surface area contributed by atoms with E-state index in [0.717, 1.165) is 34.0 Å². The van der Waals surface area contributed by atoms with Crippen molar-refractivity contribution in [3.63, 3.8) is 0 Å². The van der Waals surface area contributed by atoms with Crippen LogP contribution in [0.3, 0.4) is 0 Å². The molecule has 0 fully saturated rings. The molecule has 0 saturated heterocycles. The van der Waals surface area contributed by atoms with Crippen LogP contribution in [-0.4, -0.2) is 31.8 Å². The van der Waals surface area contributed by atoms with Crippen molar-refractivity contribution in [2.24, 2.45) is 0 Å². The number of hydrogen-bond donors (Lipinski definition) is 0. The Labute approximate surface area is 164 Å². The zero-order valence-electron chi connectivity index (χ0n) is 16.2. The van der Waals surface area contributed by atoms with Crippen molar-refractivity contribution in [1.82, 2.24) is 24.7 Å². The fraction of sp³-hybridized carbons (Fsp3) is 0.182. The zero-order valence-corrected chi connectivity index (χ0v) is 16.2. The highest BCUT2D eigenvalue weighted by Gasteiger charge is 2.15. The van der Waals surface area contributed by atoms with Gasteiger partial charge in [-0.1, -0.05) is 24.3 Å². The molecule has 0 radical (unpaired) electrons. The number of para-hydroxylation sites is 1. The number of pyridine rings is 1. The maximum atomic E-state index is 4.79. The highest BCUT2D eigenvalue weighted by Crippen LogP contribution is 2.24. The minimum absolute atomic E-state index is 0.644. The zero-order chi connectivity index (χ0) is 19.5. The normalized spacial score (nSPS) is 10.8. The second-order valence-corrected chi connectivity index (χ2v) is 6.78. The molecule has 0 unspecified atom stereocenters. The van der Waals surface area contributed by atoms with Crippen molar-refractivity contribution >= 4 is 5.82 Å². The molecule has 6 nitrogen and oxygen atoms in total. The van der Waals surface area contributed by atoms with Crippen LogP contribution < -0.4 is 4.90 Å². The molecule has 140 valence electrons. The Balaban J connectivity index is 1.61. The monoisotopic (exact) mass is 370 g/mol. The van der Waals surface area contributed by atoms with Gasteiger partial charge in [0.05, 0.1) is 11.9 Å². The Hall–Kier alpha value is -3.54. The van der Waals surface area contributed by atoms with Gasteiger partial charge in [0.2, 0.25) is 0 Å². The first-order valence-electron chi connectivity index (χ1n) is 9.18. The molecule has 0 spiro atoms. The molecule has 1 aromatic carbocycles. The van der Waals surface area contributed by atoms with Gasteiger partial charge in [0, 0.05) is 42.8 Å². The van der Waals surface area contributed by atoms with E-state index in [1.54, 1.807) is 6.20 Å². The maximum Gasteiger partial charge on any atom is 0.180 e. The lowest BCUT2D eigenvalue weighted by atomic mass is 10.2. The lowest BCUT2D eigenvalue weighted by Crippen LogP contribution is -2.20. The van der Waals surface area contributed by atoms with Crippen molar-refractivity contribution in [3.8, 4) is 17.2 Å². The Morgan fingerprint density at radius 2 is 1.75 bits per heavy atom. The highest BCUT2D eigenvalue weighted by molar-refractivity contribution is 5.57. The molecular formula is C22H22N6. The lowest BCUT2D eigenvalue weighted by Gasteiger charge is -2.21. The average Bonchev–Trinajstić information content (AvgIpc) is 3.19. The summed E-state index contributed by atoms with van der Waals surface area (Å²) in [5, 5.41) is 4.49. The molecule has 3 aromatic heterocycles. The third kappa shape index (κ3) is 3.62. The number of anilines is 1. The molecule has 0 aliphatic heterocycles. The third-order valence-corrected chi connectivity index (χ3v) is 4.70. The predicted octanol–water partition coefficient (Wildman–Crippen LogP) is 3.98. The number of nitrogens with zero attached hydrogens (tertiary/aromatic N) is 6. The van der Waals surface area contributed by atoms with Gasteiger partial charge in [0.25, 0.3) is 0 Å². The quantitative estimate of drug-likeness (QED) is 0.532. The second-order valence-electron chi connectivity index (χ2n) is 6.78. The topological polar surface area (TPSA) is 59.7 Å². The summed E-state index contributed by atoms with van der Waals surface area (Å²) >= 11 is 0. The lowest BCUT2D eigenvalue weighted by molar-refractivity contribution is 0.868. The molecular weight excluding hydrogens is 348 g/mol. The molecule has 4 rings (SSSR count). The molecule has 0 bridgehead atoms. The van der Waals surface area contributed by atoms with Crippen molar-refractivity contribution < 1.29 is 0 Å². The molecule has 4 aromatic rings. The van der Waals surface area contributed by atoms with Crippen LogP contribution in [0.1, 0.15) is 16.8 Å². The summed E-state index contributed by atoms with van der Waals surface area (Å²) in [6, 6.07) is 15.9. The largest absolute Gasteiger partial charge is 0.355 e. The summed E-state index contributed by atoms with van der Waals surface area (Å²) in [5.41, 5.74) is 4.96. The Kier molecular flexibility index (Phi) is 4.85. The maximum absolute atomic E-state index is 4.79.